The molecule has 1 aromatic heterocycles. The van der Waals surface area contributed by atoms with Crippen LogP contribution in [0.4, 0.5) is 0 Å². The third kappa shape index (κ3) is 4.70. The van der Waals surface area contributed by atoms with Crippen LogP contribution in [0.1, 0.15) is 22.3 Å². The maximum absolute atomic E-state index is 12.7. The molecular formula is C25H21N3O4S. The largest absolute Gasteiger partial charge is 0.485 e. The topological polar surface area (TPSA) is 75.5 Å². The molecule has 0 saturated heterocycles. The molecule has 0 bridgehead atoms. The minimum Gasteiger partial charge on any atom is -0.485 e. The highest BCUT2D eigenvalue weighted by atomic mass is 32.2. The summed E-state index contributed by atoms with van der Waals surface area (Å²) in [4.78, 5) is 12.7. The highest BCUT2D eigenvalue weighted by Gasteiger charge is 2.27. The molecule has 2 heterocycles. The van der Waals surface area contributed by atoms with Crippen LogP contribution in [0.2, 0.25) is 0 Å². The summed E-state index contributed by atoms with van der Waals surface area (Å²) < 4.78 is 19.4. The lowest BCUT2D eigenvalue weighted by molar-refractivity contribution is 0.0825. The fourth-order valence-electron chi connectivity index (χ4n) is 3.43. The molecule has 33 heavy (non-hydrogen) atoms. The Kier molecular flexibility index (Phi) is 5.99. The number of aromatic nitrogens is 3. The molecule has 7 nitrogen and oxygen atoms in total. The van der Waals surface area contributed by atoms with Gasteiger partial charge in [-0.3, -0.25) is 4.79 Å². The number of carbonyl (C=O) groups excluding carboxylic acids is 1. The van der Waals surface area contributed by atoms with Crippen molar-refractivity contribution in [3.05, 3.63) is 90.3 Å². The SMILES string of the molecule is Cn1c(SCC(=O)c2ccc(Oc3ccccc3)cc2)nnc1C1COc2ccccc2O1. The van der Waals surface area contributed by atoms with E-state index in [0.29, 0.717) is 34.7 Å². The number of carbonyl (C=O) groups is 1. The Morgan fingerprint density at radius 3 is 2.45 bits per heavy atom. The number of thioether (sulfide) groups is 1. The molecule has 0 N–H and O–H groups in total. The number of rotatable bonds is 7. The molecule has 8 heteroatoms. The molecule has 166 valence electrons. The predicted octanol–water partition coefficient (Wildman–Crippen LogP) is 5.09. The van der Waals surface area contributed by atoms with Crippen LogP contribution >= 0.6 is 11.8 Å². The van der Waals surface area contributed by atoms with Crippen LogP contribution in [-0.4, -0.2) is 32.9 Å². The number of nitrogens with zero attached hydrogens (tertiary/aromatic N) is 3. The maximum atomic E-state index is 12.7. The van der Waals surface area contributed by atoms with Crippen LogP contribution in [0.15, 0.2) is 84.0 Å². The summed E-state index contributed by atoms with van der Waals surface area (Å²) in [6.45, 7) is 0.351. The van der Waals surface area contributed by atoms with E-state index in [-0.39, 0.29) is 17.6 Å². The molecule has 0 radical (unpaired) electrons. The number of Topliss-reactive ketones (excluding diaryl/α,β-unsaturated/α-hetero) is 1. The van der Waals surface area contributed by atoms with Gasteiger partial charge in [-0.1, -0.05) is 42.1 Å². The van der Waals surface area contributed by atoms with E-state index in [1.807, 2.05) is 66.2 Å². The summed E-state index contributed by atoms with van der Waals surface area (Å²) in [5, 5.41) is 9.16. The monoisotopic (exact) mass is 459 g/mol. The van der Waals surface area contributed by atoms with E-state index in [1.54, 1.807) is 24.3 Å². The first-order valence-electron chi connectivity index (χ1n) is 10.4. The zero-order chi connectivity index (χ0) is 22.6. The second kappa shape index (κ2) is 9.38. The summed E-state index contributed by atoms with van der Waals surface area (Å²) >= 11 is 1.34. The number of fused-ring (bicyclic) bond motifs is 1. The first-order chi connectivity index (χ1) is 16.2. The van der Waals surface area contributed by atoms with Crippen molar-refractivity contribution in [3.8, 4) is 23.0 Å². The molecule has 0 amide bonds. The van der Waals surface area contributed by atoms with Gasteiger partial charge in [0.25, 0.3) is 0 Å². The van der Waals surface area contributed by atoms with Crippen molar-refractivity contribution in [2.24, 2.45) is 7.05 Å². The van der Waals surface area contributed by atoms with Gasteiger partial charge in [-0.05, 0) is 48.5 Å². The lowest BCUT2D eigenvalue weighted by atomic mass is 10.1. The van der Waals surface area contributed by atoms with Gasteiger partial charge in [0.15, 0.2) is 34.4 Å². The molecule has 4 aromatic rings. The summed E-state index contributed by atoms with van der Waals surface area (Å²) in [5.41, 5.74) is 0.617. The lowest BCUT2D eigenvalue weighted by Crippen LogP contribution is -2.24. The average Bonchev–Trinajstić information content (AvgIpc) is 3.23. The average molecular weight is 460 g/mol. The van der Waals surface area contributed by atoms with Crippen LogP contribution in [0, 0.1) is 0 Å². The molecule has 1 aliphatic rings. The van der Waals surface area contributed by atoms with Gasteiger partial charge in [0.05, 0.1) is 5.75 Å². The third-order valence-corrected chi connectivity index (χ3v) is 6.17. The standard InChI is InChI=1S/C25H21N3O4S/c1-28-24(23-15-30-21-9-5-6-10-22(21)32-23)26-27-25(28)33-16-20(29)17-11-13-19(14-12-17)31-18-7-3-2-4-8-18/h2-14,23H,15-16H2,1H3. The van der Waals surface area contributed by atoms with E-state index in [0.717, 1.165) is 11.5 Å². The van der Waals surface area contributed by atoms with Crippen molar-refractivity contribution in [2.45, 2.75) is 11.3 Å². The van der Waals surface area contributed by atoms with Gasteiger partial charge in [-0.15, -0.1) is 10.2 Å². The second-order valence-corrected chi connectivity index (χ2v) is 8.36. The molecule has 5 rings (SSSR count). The van der Waals surface area contributed by atoms with Crippen molar-refractivity contribution < 1.29 is 19.0 Å². The molecule has 0 fully saturated rings. The van der Waals surface area contributed by atoms with Crippen molar-refractivity contribution in [1.29, 1.82) is 0 Å². The van der Waals surface area contributed by atoms with E-state index >= 15 is 0 Å². The number of hydrogen-bond donors (Lipinski definition) is 0. The van der Waals surface area contributed by atoms with Gasteiger partial charge < -0.3 is 18.8 Å². The number of para-hydroxylation sites is 3. The third-order valence-electron chi connectivity index (χ3n) is 5.15. The molecule has 1 aliphatic heterocycles. The van der Waals surface area contributed by atoms with E-state index < -0.39 is 0 Å². The minimum atomic E-state index is -0.361. The molecule has 0 spiro atoms. The zero-order valence-electron chi connectivity index (χ0n) is 17.9. The Hall–Kier alpha value is -3.78. The summed E-state index contributed by atoms with van der Waals surface area (Å²) in [5.74, 6) is 3.73. The van der Waals surface area contributed by atoms with Gasteiger partial charge >= 0.3 is 0 Å². The first kappa shape index (κ1) is 21.1. The Bertz CT molecular complexity index is 1260. The smallest absolute Gasteiger partial charge is 0.192 e. The van der Waals surface area contributed by atoms with E-state index in [1.165, 1.54) is 11.8 Å². The minimum absolute atomic E-state index is 0.00184. The first-order valence-corrected chi connectivity index (χ1v) is 11.4. The summed E-state index contributed by atoms with van der Waals surface area (Å²) in [6.07, 6.45) is -0.361. The number of ketones is 1. The molecule has 1 atom stereocenters. The van der Waals surface area contributed by atoms with E-state index in [2.05, 4.69) is 10.2 Å². The van der Waals surface area contributed by atoms with Crippen LogP contribution in [0.3, 0.4) is 0 Å². The number of ether oxygens (including phenoxy) is 3. The van der Waals surface area contributed by atoms with Gasteiger partial charge in [-0.2, -0.15) is 0 Å². The van der Waals surface area contributed by atoms with Gasteiger partial charge in [0, 0.05) is 12.6 Å². The van der Waals surface area contributed by atoms with Crippen molar-refractivity contribution in [2.75, 3.05) is 12.4 Å². The quantitative estimate of drug-likeness (QED) is 0.281. The van der Waals surface area contributed by atoms with Crippen LogP contribution < -0.4 is 14.2 Å². The highest BCUT2D eigenvalue weighted by molar-refractivity contribution is 7.99. The van der Waals surface area contributed by atoms with Gasteiger partial charge in [-0.25, -0.2) is 0 Å². The number of benzene rings is 3. The van der Waals surface area contributed by atoms with Crippen molar-refractivity contribution >= 4 is 17.5 Å². The summed E-state index contributed by atoms with van der Waals surface area (Å²) in [7, 11) is 1.86. The molecule has 1 unspecified atom stereocenters. The van der Waals surface area contributed by atoms with Gasteiger partial charge in [0.1, 0.15) is 18.1 Å². The molecular weight excluding hydrogens is 438 g/mol. The normalized spacial score (nSPS) is 14.6. The lowest BCUT2D eigenvalue weighted by Gasteiger charge is -2.25. The van der Waals surface area contributed by atoms with Crippen LogP contribution in [0.25, 0.3) is 0 Å². The van der Waals surface area contributed by atoms with Crippen LogP contribution in [-0.2, 0) is 7.05 Å². The zero-order valence-corrected chi connectivity index (χ0v) is 18.7. The second-order valence-electron chi connectivity index (χ2n) is 7.42. The highest BCUT2D eigenvalue weighted by Crippen LogP contribution is 2.35. The Balaban J connectivity index is 1.20. The van der Waals surface area contributed by atoms with Crippen LogP contribution in [0.5, 0.6) is 23.0 Å². The Morgan fingerprint density at radius 2 is 1.67 bits per heavy atom. The molecule has 0 saturated carbocycles. The van der Waals surface area contributed by atoms with E-state index in [4.69, 9.17) is 14.2 Å². The number of hydrogen-bond acceptors (Lipinski definition) is 7. The van der Waals surface area contributed by atoms with Crippen molar-refractivity contribution in [3.63, 3.8) is 0 Å². The van der Waals surface area contributed by atoms with Crippen molar-refractivity contribution in [1.82, 2.24) is 14.8 Å². The van der Waals surface area contributed by atoms with Gasteiger partial charge in [0.2, 0.25) is 0 Å². The Morgan fingerprint density at radius 1 is 0.970 bits per heavy atom. The Labute approximate surface area is 195 Å². The molecule has 0 aliphatic carbocycles. The molecule has 3 aromatic carbocycles. The van der Waals surface area contributed by atoms with E-state index in [9.17, 15) is 4.79 Å². The maximum Gasteiger partial charge on any atom is 0.192 e. The predicted molar refractivity (Wildman–Crippen MR) is 124 cm³/mol. The fraction of sp³-hybridized carbons (Fsp3) is 0.160. The fourth-order valence-corrected chi connectivity index (χ4v) is 4.24. The summed E-state index contributed by atoms with van der Waals surface area (Å²) in [6, 6.07) is 24.2.